The van der Waals surface area contributed by atoms with Crippen LogP contribution in [-0.2, 0) is 11.2 Å². The van der Waals surface area contributed by atoms with Gasteiger partial charge in [0.05, 0.1) is 0 Å². The van der Waals surface area contributed by atoms with Gasteiger partial charge in [-0.25, -0.2) is 4.79 Å². The molecule has 92 valence electrons. The van der Waals surface area contributed by atoms with Gasteiger partial charge in [0, 0.05) is 13.1 Å². The Morgan fingerprint density at radius 3 is 2.29 bits per heavy atom. The van der Waals surface area contributed by atoms with Crippen LogP contribution in [0.15, 0.2) is 42.1 Å². The molecule has 3 nitrogen and oxygen atoms in total. The van der Waals surface area contributed by atoms with Crippen LogP contribution in [0.1, 0.15) is 19.4 Å². The summed E-state index contributed by atoms with van der Waals surface area (Å²) in [6.07, 6.45) is 2.43. The number of carbonyl (C=O) groups is 1. The van der Waals surface area contributed by atoms with Gasteiger partial charge < -0.3 is 10.0 Å². The largest absolute Gasteiger partial charge is 0.477 e. The standard InChI is InChI=1S/C14H19NO2/c1-3-15(4-2)13(14(16)17)11-10-12-8-6-5-7-9-12/h5-9,11H,3-4,10H2,1-2H3,(H,16,17). The monoisotopic (exact) mass is 233 g/mol. The Morgan fingerprint density at radius 2 is 1.82 bits per heavy atom. The molecule has 0 spiro atoms. The highest BCUT2D eigenvalue weighted by atomic mass is 16.4. The third kappa shape index (κ3) is 3.94. The minimum atomic E-state index is -0.857. The van der Waals surface area contributed by atoms with E-state index in [-0.39, 0.29) is 0 Å². The summed E-state index contributed by atoms with van der Waals surface area (Å²) in [5.41, 5.74) is 1.51. The maximum atomic E-state index is 11.2. The van der Waals surface area contributed by atoms with Crippen LogP contribution in [0.5, 0.6) is 0 Å². The first kappa shape index (κ1) is 13.3. The maximum absolute atomic E-state index is 11.2. The lowest BCUT2D eigenvalue weighted by molar-refractivity contribution is -0.134. The third-order valence-electron chi connectivity index (χ3n) is 2.70. The molecule has 1 N–H and O–H groups in total. The van der Waals surface area contributed by atoms with Crippen molar-refractivity contribution in [3.05, 3.63) is 47.7 Å². The summed E-state index contributed by atoms with van der Waals surface area (Å²) in [4.78, 5) is 13.0. The van der Waals surface area contributed by atoms with Gasteiger partial charge in [-0.2, -0.15) is 0 Å². The lowest BCUT2D eigenvalue weighted by Gasteiger charge is -2.21. The van der Waals surface area contributed by atoms with E-state index >= 15 is 0 Å². The molecule has 0 unspecified atom stereocenters. The van der Waals surface area contributed by atoms with Gasteiger partial charge in [-0.1, -0.05) is 30.3 Å². The average molecular weight is 233 g/mol. The van der Waals surface area contributed by atoms with Crippen LogP contribution < -0.4 is 0 Å². The molecule has 0 aliphatic rings. The second-order valence-corrected chi connectivity index (χ2v) is 3.76. The lowest BCUT2D eigenvalue weighted by atomic mass is 10.1. The Labute approximate surface area is 102 Å². The van der Waals surface area contributed by atoms with E-state index in [2.05, 4.69) is 0 Å². The van der Waals surface area contributed by atoms with Crippen molar-refractivity contribution in [1.82, 2.24) is 4.90 Å². The van der Waals surface area contributed by atoms with Crippen LogP contribution in [0.4, 0.5) is 0 Å². The molecule has 0 atom stereocenters. The number of carboxylic acids is 1. The van der Waals surface area contributed by atoms with Gasteiger partial charge in [0.15, 0.2) is 0 Å². The minimum Gasteiger partial charge on any atom is -0.477 e. The van der Waals surface area contributed by atoms with Crippen molar-refractivity contribution in [1.29, 1.82) is 0 Å². The zero-order chi connectivity index (χ0) is 12.7. The number of hydrogen-bond donors (Lipinski definition) is 1. The van der Waals surface area contributed by atoms with Crippen LogP contribution in [0, 0.1) is 0 Å². The van der Waals surface area contributed by atoms with E-state index in [1.54, 1.807) is 6.08 Å². The van der Waals surface area contributed by atoms with E-state index in [1.807, 2.05) is 49.1 Å². The van der Waals surface area contributed by atoms with Crippen LogP contribution in [-0.4, -0.2) is 29.1 Å². The van der Waals surface area contributed by atoms with Gasteiger partial charge in [-0.3, -0.25) is 0 Å². The highest BCUT2D eigenvalue weighted by Crippen LogP contribution is 2.08. The van der Waals surface area contributed by atoms with Crippen LogP contribution in [0.3, 0.4) is 0 Å². The van der Waals surface area contributed by atoms with E-state index in [4.69, 9.17) is 0 Å². The molecule has 0 aliphatic heterocycles. The fourth-order valence-electron chi connectivity index (χ4n) is 1.74. The predicted molar refractivity (Wildman–Crippen MR) is 68.8 cm³/mol. The number of likely N-dealkylation sites (N-methyl/N-ethyl adjacent to an activating group) is 1. The third-order valence-corrected chi connectivity index (χ3v) is 2.70. The van der Waals surface area contributed by atoms with Crippen molar-refractivity contribution in [3.8, 4) is 0 Å². The van der Waals surface area contributed by atoms with E-state index in [9.17, 15) is 9.90 Å². The quantitative estimate of drug-likeness (QED) is 0.768. The molecule has 1 aromatic rings. The first-order valence-corrected chi connectivity index (χ1v) is 5.91. The number of nitrogens with zero attached hydrogens (tertiary/aromatic N) is 1. The second kappa shape index (κ2) is 6.74. The highest BCUT2D eigenvalue weighted by molar-refractivity contribution is 5.85. The molecule has 0 radical (unpaired) electrons. The van der Waals surface area contributed by atoms with Crippen molar-refractivity contribution in [2.45, 2.75) is 20.3 Å². The predicted octanol–water partition coefficient (Wildman–Crippen LogP) is 2.54. The molecule has 0 heterocycles. The topological polar surface area (TPSA) is 40.5 Å². The number of allylic oxidation sites excluding steroid dienone is 1. The van der Waals surface area contributed by atoms with Crippen molar-refractivity contribution < 1.29 is 9.90 Å². The van der Waals surface area contributed by atoms with Crippen molar-refractivity contribution in [2.75, 3.05) is 13.1 Å². The molecule has 0 fully saturated rings. The molecule has 0 aromatic heterocycles. The Kier molecular flexibility index (Phi) is 5.27. The molecule has 1 aromatic carbocycles. The van der Waals surface area contributed by atoms with Crippen LogP contribution in [0.2, 0.25) is 0 Å². The van der Waals surface area contributed by atoms with Gasteiger partial charge in [0.2, 0.25) is 0 Å². The summed E-state index contributed by atoms with van der Waals surface area (Å²) in [5.74, 6) is -0.857. The Balaban J connectivity index is 2.81. The summed E-state index contributed by atoms with van der Waals surface area (Å²) in [7, 11) is 0. The molecular weight excluding hydrogens is 214 g/mol. The van der Waals surface area contributed by atoms with Crippen molar-refractivity contribution in [3.63, 3.8) is 0 Å². The van der Waals surface area contributed by atoms with E-state index in [0.717, 1.165) is 5.56 Å². The second-order valence-electron chi connectivity index (χ2n) is 3.76. The zero-order valence-corrected chi connectivity index (χ0v) is 10.4. The van der Waals surface area contributed by atoms with E-state index in [0.29, 0.717) is 25.2 Å². The molecule has 0 saturated heterocycles. The SMILES string of the molecule is CCN(CC)C(=CCc1ccccc1)C(=O)O. The summed E-state index contributed by atoms with van der Waals surface area (Å²) >= 11 is 0. The molecule has 0 saturated carbocycles. The molecule has 3 heteroatoms. The number of rotatable bonds is 6. The van der Waals surface area contributed by atoms with E-state index in [1.165, 1.54) is 0 Å². The smallest absolute Gasteiger partial charge is 0.351 e. The Bertz CT molecular complexity index is 380. The molecule has 17 heavy (non-hydrogen) atoms. The van der Waals surface area contributed by atoms with Gasteiger partial charge in [-0.15, -0.1) is 0 Å². The number of hydrogen-bond acceptors (Lipinski definition) is 2. The van der Waals surface area contributed by atoms with Gasteiger partial charge in [-0.05, 0) is 31.9 Å². The lowest BCUT2D eigenvalue weighted by Crippen LogP contribution is -2.27. The van der Waals surface area contributed by atoms with Crippen molar-refractivity contribution >= 4 is 5.97 Å². The average Bonchev–Trinajstić information content (AvgIpc) is 2.35. The van der Waals surface area contributed by atoms with Crippen LogP contribution in [0.25, 0.3) is 0 Å². The summed E-state index contributed by atoms with van der Waals surface area (Å²) in [5, 5.41) is 9.17. The molecule has 1 rings (SSSR count). The first-order chi connectivity index (χ1) is 8.19. The molecule has 0 amide bonds. The van der Waals surface area contributed by atoms with Crippen molar-refractivity contribution in [2.24, 2.45) is 0 Å². The summed E-state index contributed by atoms with van der Waals surface area (Å²) < 4.78 is 0. The number of carboxylic acid groups (broad SMARTS) is 1. The number of benzene rings is 1. The van der Waals surface area contributed by atoms with Gasteiger partial charge in [0.25, 0.3) is 0 Å². The summed E-state index contributed by atoms with van der Waals surface area (Å²) in [6, 6.07) is 9.87. The van der Waals surface area contributed by atoms with Gasteiger partial charge >= 0.3 is 5.97 Å². The molecule has 0 bridgehead atoms. The highest BCUT2D eigenvalue weighted by Gasteiger charge is 2.12. The normalized spacial score (nSPS) is 11.3. The minimum absolute atomic E-state index is 0.388. The van der Waals surface area contributed by atoms with Crippen LogP contribution >= 0.6 is 0 Å². The molecular formula is C14H19NO2. The van der Waals surface area contributed by atoms with Gasteiger partial charge in [0.1, 0.15) is 5.70 Å². The first-order valence-electron chi connectivity index (χ1n) is 5.91. The summed E-state index contributed by atoms with van der Waals surface area (Å²) in [6.45, 7) is 5.35. The van der Waals surface area contributed by atoms with E-state index < -0.39 is 5.97 Å². The fourth-order valence-corrected chi connectivity index (χ4v) is 1.74. The Morgan fingerprint density at radius 1 is 1.24 bits per heavy atom. The fraction of sp³-hybridized carbons (Fsp3) is 0.357. The zero-order valence-electron chi connectivity index (χ0n) is 10.4. The number of aliphatic carboxylic acids is 1. The Hall–Kier alpha value is -1.77. The molecule has 0 aliphatic carbocycles. The maximum Gasteiger partial charge on any atom is 0.351 e.